The maximum atomic E-state index is 12.5. The van der Waals surface area contributed by atoms with Gasteiger partial charge in [0.05, 0.1) is 12.6 Å². The number of aliphatic hydroxyl groups is 1. The maximum Gasteiger partial charge on any atom is 0.416 e. The zero-order valence-electron chi connectivity index (χ0n) is 13.3. The molecular formula is C18H17BrN2O4. The summed E-state index contributed by atoms with van der Waals surface area (Å²) in [6.07, 6.45) is -1.24. The van der Waals surface area contributed by atoms with Crippen LogP contribution in [-0.4, -0.2) is 40.7 Å². The van der Waals surface area contributed by atoms with E-state index < -0.39 is 18.2 Å². The molecule has 1 aliphatic rings. The van der Waals surface area contributed by atoms with Gasteiger partial charge in [0.25, 0.3) is 0 Å². The van der Waals surface area contributed by atoms with Crippen LogP contribution >= 0.6 is 15.9 Å². The standard InChI is InChI=1S/C18H17BrN2O4/c19-12-6-8-13(9-7-12)20-17(23)16-10-14(22)11-21(16)18(24)25-15-4-2-1-3-5-15/h1-9,14,16,22H,10-11H2,(H,20,23)/t14-,16+/m1/s1. The van der Waals surface area contributed by atoms with Crippen LogP contribution in [0, 0.1) is 0 Å². The molecule has 0 bridgehead atoms. The van der Waals surface area contributed by atoms with Crippen LogP contribution in [-0.2, 0) is 4.79 Å². The summed E-state index contributed by atoms with van der Waals surface area (Å²) in [7, 11) is 0. The van der Waals surface area contributed by atoms with Crippen LogP contribution < -0.4 is 10.1 Å². The molecule has 1 aliphatic heterocycles. The second-order valence-electron chi connectivity index (χ2n) is 5.73. The van der Waals surface area contributed by atoms with Crippen LogP contribution in [0.15, 0.2) is 59.1 Å². The van der Waals surface area contributed by atoms with Crippen molar-refractivity contribution in [3.63, 3.8) is 0 Å². The first-order valence-electron chi connectivity index (χ1n) is 7.81. The van der Waals surface area contributed by atoms with Crippen molar-refractivity contribution in [3.05, 3.63) is 59.1 Å². The number of likely N-dealkylation sites (tertiary alicyclic amines) is 1. The van der Waals surface area contributed by atoms with E-state index in [1.807, 2.05) is 6.07 Å². The number of hydrogen-bond donors (Lipinski definition) is 2. The van der Waals surface area contributed by atoms with Crippen LogP contribution in [0.5, 0.6) is 5.75 Å². The Bertz CT molecular complexity index is 751. The van der Waals surface area contributed by atoms with E-state index in [4.69, 9.17) is 4.74 Å². The molecule has 25 heavy (non-hydrogen) atoms. The highest BCUT2D eigenvalue weighted by atomic mass is 79.9. The van der Waals surface area contributed by atoms with E-state index in [0.29, 0.717) is 11.4 Å². The number of aliphatic hydroxyl groups excluding tert-OH is 1. The maximum absolute atomic E-state index is 12.5. The molecule has 2 atom stereocenters. The minimum absolute atomic E-state index is 0.0596. The third-order valence-corrected chi connectivity index (χ3v) is 4.40. The van der Waals surface area contributed by atoms with E-state index in [1.54, 1.807) is 48.5 Å². The predicted octanol–water partition coefficient (Wildman–Crippen LogP) is 3.02. The minimum Gasteiger partial charge on any atom is -0.410 e. The van der Waals surface area contributed by atoms with Gasteiger partial charge < -0.3 is 15.2 Å². The number of halogens is 1. The van der Waals surface area contributed by atoms with Crippen LogP contribution in [0.25, 0.3) is 0 Å². The molecular weight excluding hydrogens is 388 g/mol. The molecule has 1 fully saturated rings. The summed E-state index contributed by atoms with van der Waals surface area (Å²) in [6, 6.07) is 14.9. The lowest BCUT2D eigenvalue weighted by molar-refractivity contribution is -0.119. The SMILES string of the molecule is O=C(Nc1ccc(Br)cc1)[C@@H]1C[C@@H](O)CN1C(=O)Oc1ccccc1. The fourth-order valence-corrected chi connectivity index (χ4v) is 2.94. The fraction of sp³-hybridized carbons (Fsp3) is 0.222. The van der Waals surface area contributed by atoms with Crippen molar-refractivity contribution in [2.45, 2.75) is 18.6 Å². The van der Waals surface area contributed by atoms with Gasteiger partial charge in [0.2, 0.25) is 5.91 Å². The Morgan fingerprint density at radius 2 is 1.80 bits per heavy atom. The number of amides is 2. The normalized spacial score (nSPS) is 19.5. The average Bonchev–Trinajstić information content (AvgIpc) is 3.00. The lowest BCUT2D eigenvalue weighted by atomic mass is 10.2. The molecule has 0 aliphatic carbocycles. The Labute approximate surface area is 153 Å². The average molecular weight is 405 g/mol. The predicted molar refractivity (Wildman–Crippen MR) is 96.4 cm³/mol. The molecule has 130 valence electrons. The van der Waals surface area contributed by atoms with E-state index in [1.165, 1.54) is 4.90 Å². The molecule has 0 radical (unpaired) electrons. The smallest absolute Gasteiger partial charge is 0.410 e. The van der Waals surface area contributed by atoms with Gasteiger partial charge in [-0.1, -0.05) is 34.1 Å². The first kappa shape index (κ1) is 17.4. The van der Waals surface area contributed by atoms with E-state index in [-0.39, 0.29) is 18.9 Å². The molecule has 1 heterocycles. The number of para-hydroxylation sites is 1. The van der Waals surface area contributed by atoms with Gasteiger partial charge in [-0.3, -0.25) is 9.69 Å². The third kappa shape index (κ3) is 4.37. The summed E-state index contributed by atoms with van der Waals surface area (Å²) in [4.78, 5) is 26.2. The molecule has 2 aromatic carbocycles. The third-order valence-electron chi connectivity index (χ3n) is 3.88. The summed E-state index contributed by atoms with van der Waals surface area (Å²) in [5, 5.41) is 12.7. The van der Waals surface area contributed by atoms with Crippen molar-refractivity contribution >= 4 is 33.6 Å². The van der Waals surface area contributed by atoms with Crippen LogP contribution in [0.3, 0.4) is 0 Å². The Kier molecular flexibility index (Phi) is 5.35. The van der Waals surface area contributed by atoms with Crippen molar-refractivity contribution in [1.29, 1.82) is 0 Å². The molecule has 6 nitrogen and oxygen atoms in total. The number of rotatable bonds is 3. The van der Waals surface area contributed by atoms with E-state index in [0.717, 1.165) is 4.47 Å². The molecule has 2 aromatic rings. The zero-order chi connectivity index (χ0) is 17.8. The van der Waals surface area contributed by atoms with Crippen molar-refractivity contribution in [2.24, 2.45) is 0 Å². The number of anilines is 1. The highest BCUT2D eigenvalue weighted by Crippen LogP contribution is 2.22. The zero-order valence-corrected chi connectivity index (χ0v) is 14.8. The Balaban J connectivity index is 1.69. The first-order chi connectivity index (χ1) is 12.0. The number of hydrogen-bond acceptors (Lipinski definition) is 4. The molecule has 0 spiro atoms. The lowest BCUT2D eigenvalue weighted by Gasteiger charge is -2.22. The van der Waals surface area contributed by atoms with Gasteiger partial charge in [-0.2, -0.15) is 0 Å². The highest BCUT2D eigenvalue weighted by Gasteiger charge is 2.40. The number of nitrogens with one attached hydrogen (secondary N) is 1. The summed E-state index contributed by atoms with van der Waals surface area (Å²) in [5.74, 6) is 0.0323. The Morgan fingerprint density at radius 1 is 1.12 bits per heavy atom. The molecule has 2 N–H and O–H groups in total. The fourth-order valence-electron chi connectivity index (χ4n) is 2.67. The Morgan fingerprint density at radius 3 is 2.48 bits per heavy atom. The molecule has 1 saturated heterocycles. The first-order valence-corrected chi connectivity index (χ1v) is 8.60. The monoisotopic (exact) mass is 404 g/mol. The Hall–Kier alpha value is -2.38. The van der Waals surface area contributed by atoms with Gasteiger partial charge in [0, 0.05) is 16.6 Å². The van der Waals surface area contributed by atoms with Crippen molar-refractivity contribution < 1.29 is 19.4 Å². The van der Waals surface area contributed by atoms with Gasteiger partial charge in [-0.15, -0.1) is 0 Å². The van der Waals surface area contributed by atoms with Gasteiger partial charge in [-0.25, -0.2) is 4.79 Å². The summed E-state index contributed by atoms with van der Waals surface area (Å²) in [6.45, 7) is 0.0596. The van der Waals surface area contributed by atoms with E-state index in [9.17, 15) is 14.7 Å². The molecule has 3 rings (SSSR count). The van der Waals surface area contributed by atoms with Gasteiger partial charge in [0.1, 0.15) is 11.8 Å². The number of benzene rings is 2. The molecule has 0 aromatic heterocycles. The summed E-state index contributed by atoms with van der Waals surface area (Å²) < 4.78 is 6.18. The number of nitrogens with zero attached hydrogens (tertiary/aromatic N) is 1. The number of carbonyl (C=O) groups is 2. The topological polar surface area (TPSA) is 78.9 Å². The lowest BCUT2D eigenvalue weighted by Crippen LogP contribution is -2.44. The van der Waals surface area contributed by atoms with Crippen LogP contribution in [0.2, 0.25) is 0 Å². The largest absolute Gasteiger partial charge is 0.416 e. The van der Waals surface area contributed by atoms with Gasteiger partial charge in [0.15, 0.2) is 0 Å². The number of carbonyl (C=O) groups excluding carboxylic acids is 2. The highest BCUT2D eigenvalue weighted by molar-refractivity contribution is 9.10. The molecule has 2 amide bonds. The van der Waals surface area contributed by atoms with Crippen molar-refractivity contribution in [1.82, 2.24) is 4.90 Å². The van der Waals surface area contributed by atoms with Gasteiger partial charge >= 0.3 is 6.09 Å². The van der Waals surface area contributed by atoms with Crippen LogP contribution in [0.4, 0.5) is 10.5 Å². The number of ether oxygens (including phenoxy) is 1. The summed E-state index contributed by atoms with van der Waals surface area (Å²) >= 11 is 3.33. The number of β-amino-alcohol motifs (C(OH)–C–C–N with tert-alkyl or cyclic N) is 1. The van der Waals surface area contributed by atoms with Crippen LogP contribution in [0.1, 0.15) is 6.42 Å². The van der Waals surface area contributed by atoms with Crippen molar-refractivity contribution in [3.8, 4) is 5.75 Å². The van der Waals surface area contributed by atoms with E-state index >= 15 is 0 Å². The molecule has 0 saturated carbocycles. The second-order valence-corrected chi connectivity index (χ2v) is 6.65. The minimum atomic E-state index is -0.783. The second kappa shape index (κ2) is 7.67. The summed E-state index contributed by atoms with van der Waals surface area (Å²) in [5.41, 5.74) is 0.617. The quantitative estimate of drug-likeness (QED) is 0.823. The van der Waals surface area contributed by atoms with E-state index in [2.05, 4.69) is 21.2 Å². The van der Waals surface area contributed by atoms with Gasteiger partial charge in [-0.05, 0) is 36.4 Å². The van der Waals surface area contributed by atoms with Crippen molar-refractivity contribution in [2.75, 3.05) is 11.9 Å². The molecule has 0 unspecified atom stereocenters. The molecule has 7 heteroatoms.